The summed E-state index contributed by atoms with van der Waals surface area (Å²) in [5, 5.41) is 18.4. The largest absolute Gasteiger partial charge is 0.395 e. The van der Waals surface area contributed by atoms with E-state index in [1.165, 1.54) is 16.4 Å². The fraction of sp³-hybridized carbons (Fsp3) is 0.533. The van der Waals surface area contributed by atoms with Crippen molar-refractivity contribution in [2.45, 2.75) is 43.0 Å². The molecule has 1 fully saturated rings. The number of aliphatic hydroxyl groups is 1. The second-order valence-corrected chi connectivity index (χ2v) is 7.10. The van der Waals surface area contributed by atoms with Gasteiger partial charge >= 0.3 is 0 Å². The zero-order valence-electron chi connectivity index (χ0n) is 11.9. The fourth-order valence-electron chi connectivity index (χ4n) is 2.88. The van der Waals surface area contributed by atoms with Gasteiger partial charge in [0.25, 0.3) is 0 Å². The van der Waals surface area contributed by atoms with Gasteiger partial charge < -0.3 is 5.11 Å². The zero-order chi connectivity index (χ0) is 15.3. The molecular weight excluding hydrogens is 288 g/mol. The minimum Gasteiger partial charge on any atom is -0.395 e. The van der Waals surface area contributed by atoms with Gasteiger partial charge in [-0.1, -0.05) is 31.4 Å². The van der Waals surface area contributed by atoms with Crippen LogP contribution in [0, 0.1) is 11.3 Å². The van der Waals surface area contributed by atoms with Crippen molar-refractivity contribution < 1.29 is 13.5 Å². The lowest BCUT2D eigenvalue weighted by Crippen LogP contribution is -2.43. The fourth-order valence-corrected chi connectivity index (χ4v) is 4.70. The normalized spacial score (nSPS) is 16.8. The lowest BCUT2D eigenvalue weighted by atomic mass is 9.95. The summed E-state index contributed by atoms with van der Waals surface area (Å²) in [5.74, 6) is 0. The maximum Gasteiger partial charge on any atom is 0.244 e. The molecule has 21 heavy (non-hydrogen) atoms. The Kier molecular flexibility index (Phi) is 5.34. The molecule has 6 heteroatoms. The molecule has 0 radical (unpaired) electrons. The lowest BCUT2D eigenvalue weighted by molar-refractivity contribution is 0.199. The van der Waals surface area contributed by atoms with E-state index >= 15 is 0 Å². The van der Waals surface area contributed by atoms with Crippen LogP contribution in [0.25, 0.3) is 0 Å². The molecule has 114 valence electrons. The van der Waals surface area contributed by atoms with E-state index in [4.69, 9.17) is 5.26 Å². The van der Waals surface area contributed by atoms with Gasteiger partial charge in [0.1, 0.15) is 6.07 Å². The molecule has 0 saturated heterocycles. The van der Waals surface area contributed by atoms with Crippen molar-refractivity contribution in [2.24, 2.45) is 0 Å². The second-order valence-electron chi connectivity index (χ2n) is 5.24. The highest BCUT2D eigenvalue weighted by Crippen LogP contribution is 2.28. The first-order valence-corrected chi connectivity index (χ1v) is 8.67. The Morgan fingerprint density at radius 3 is 2.52 bits per heavy atom. The van der Waals surface area contributed by atoms with Gasteiger partial charge in [-0.3, -0.25) is 0 Å². The van der Waals surface area contributed by atoms with Crippen molar-refractivity contribution >= 4 is 10.0 Å². The van der Waals surface area contributed by atoms with Crippen LogP contribution in [0.1, 0.15) is 37.7 Å². The number of nitriles is 1. The Bertz CT molecular complexity index is 616. The summed E-state index contributed by atoms with van der Waals surface area (Å²) in [4.78, 5) is 0.0338. The SMILES string of the molecule is N#Cc1ccccc1S(=O)(=O)N(CCO)C1CCCCC1. The van der Waals surface area contributed by atoms with Gasteiger partial charge in [-0.2, -0.15) is 9.57 Å². The molecule has 1 N–H and O–H groups in total. The van der Waals surface area contributed by atoms with Crippen LogP contribution in [-0.2, 0) is 10.0 Å². The number of sulfonamides is 1. The molecule has 1 aromatic carbocycles. The van der Waals surface area contributed by atoms with Crippen LogP contribution in [-0.4, -0.2) is 37.0 Å². The standard InChI is InChI=1S/C15H20N2O3S/c16-12-13-6-4-5-9-15(13)21(19,20)17(10-11-18)14-7-2-1-3-8-14/h4-6,9,14,18H,1-3,7-8,10-11H2. The highest BCUT2D eigenvalue weighted by Gasteiger charge is 2.33. The van der Waals surface area contributed by atoms with Crippen LogP contribution in [0.15, 0.2) is 29.2 Å². The molecule has 0 unspecified atom stereocenters. The summed E-state index contributed by atoms with van der Waals surface area (Å²) in [5.41, 5.74) is 0.149. The van der Waals surface area contributed by atoms with Crippen LogP contribution in [0.2, 0.25) is 0 Å². The number of hydrogen-bond acceptors (Lipinski definition) is 4. The van der Waals surface area contributed by atoms with Gasteiger partial charge in [0.15, 0.2) is 0 Å². The molecule has 1 aliphatic rings. The molecule has 0 aromatic heterocycles. The van der Waals surface area contributed by atoms with E-state index in [0.717, 1.165) is 32.1 Å². The van der Waals surface area contributed by atoms with E-state index in [-0.39, 0.29) is 29.7 Å². The molecule has 5 nitrogen and oxygen atoms in total. The molecular formula is C15H20N2O3S. The molecule has 0 bridgehead atoms. The average Bonchev–Trinajstić information content (AvgIpc) is 2.53. The maximum atomic E-state index is 12.9. The van der Waals surface area contributed by atoms with Crippen molar-refractivity contribution in [2.75, 3.05) is 13.2 Å². The Labute approximate surface area is 125 Å². The summed E-state index contributed by atoms with van der Waals surface area (Å²) in [6.45, 7) is -0.142. The van der Waals surface area contributed by atoms with E-state index < -0.39 is 10.0 Å². The molecule has 0 heterocycles. The number of benzene rings is 1. The van der Waals surface area contributed by atoms with Gasteiger partial charge in [-0.15, -0.1) is 0 Å². The zero-order valence-corrected chi connectivity index (χ0v) is 12.7. The van der Waals surface area contributed by atoms with Crippen molar-refractivity contribution in [3.63, 3.8) is 0 Å². The first kappa shape index (κ1) is 16.0. The van der Waals surface area contributed by atoms with Crippen molar-refractivity contribution in [3.8, 4) is 6.07 Å². The average molecular weight is 308 g/mol. The summed E-state index contributed by atoms with van der Waals surface area (Å²) < 4.78 is 27.1. The third kappa shape index (κ3) is 3.43. The van der Waals surface area contributed by atoms with Gasteiger partial charge in [-0.05, 0) is 25.0 Å². The molecule has 1 saturated carbocycles. The van der Waals surface area contributed by atoms with E-state index in [1.54, 1.807) is 12.1 Å². The molecule has 0 spiro atoms. The maximum absolute atomic E-state index is 12.9. The van der Waals surface area contributed by atoms with Crippen molar-refractivity contribution in [3.05, 3.63) is 29.8 Å². The number of hydrogen-bond donors (Lipinski definition) is 1. The minimum absolute atomic E-state index is 0.0338. The number of rotatable bonds is 5. The van der Waals surface area contributed by atoms with E-state index in [1.807, 2.05) is 6.07 Å². The number of aliphatic hydroxyl groups excluding tert-OH is 1. The van der Waals surface area contributed by atoms with Crippen LogP contribution in [0.4, 0.5) is 0 Å². The van der Waals surface area contributed by atoms with Gasteiger partial charge in [-0.25, -0.2) is 8.42 Å². The Balaban J connectivity index is 2.40. The topological polar surface area (TPSA) is 81.4 Å². The van der Waals surface area contributed by atoms with E-state index in [2.05, 4.69) is 0 Å². The minimum atomic E-state index is -3.75. The van der Waals surface area contributed by atoms with Gasteiger partial charge in [0.05, 0.1) is 17.1 Å². The Morgan fingerprint density at radius 2 is 1.90 bits per heavy atom. The third-order valence-electron chi connectivity index (χ3n) is 3.90. The van der Waals surface area contributed by atoms with Crippen LogP contribution >= 0.6 is 0 Å². The molecule has 2 rings (SSSR count). The van der Waals surface area contributed by atoms with Gasteiger partial charge in [0, 0.05) is 12.6 Å². The smallest absolute Gasteiger partial charge is 0.244 e. The van der Waals surface area contributed by atoms with E-state index in [9.17, 15) is 13.5 Å². The Morgan fingerprint density at radius 1 is 1.24 bits per heavy atom. The molecule has 1 aliphatic carbocycles. The second kappa shape index (κ2) is 7.03. The third-order valence-corrected chi connectivity index (χ3v) is 5.91. The summed E-state index contributed by atoms with van der Waals surface area (Å²) >= 11 is 0. The molecule has 0 aliphatic heterocycles. The quantitative estimate of drug-likeness (QED) is 0.900. The predicted octanol–water partition coefficient (Wildman–Crippen LogP) is 1.87. The predicted molar refractivity (Wildman–Crippen MR) is 79.0 cm³/mol. The lowest BCUT2D eigenvalue weighted by Gasteiger charge is -2.33. The van der Waals surface area contributed by atoms with Gasteiger partial charge in [0.2, 0.25) is 10.0 Å². The molecule has 0 amide bonds. The van der Waals surface area contributed by atoms with Crippen LogP contribution in [0.5, 0.6) is 0 Å². The first-order valence-electron chi connectivity index (χ1n) is 7.23. The first-order chi connectivity index (χ1) is 10.1. The van der Waals surface area contributed by atoms with E-state index in [0.29, 0.717) is 0 Å². The van der Waals surface area contributed by atoms with Crippen LogP contribution < -0.4 is 0 Å². The monoisotopic (exact) mass is 308 g/mol. The Hall–Kier alpha value is -1.42. The number of nitrogens with zero attached hydrogens (tertiary/aromatic N) is 2. The highest BCUT2D eigenvalue weighted by molar-refractivity contribution is 7.89. The summed E-state index contributed by atoms with van der Waals surface area (Å²) in [6, 6.07) is 8.08. The molecule has 0 atom stereocenters. The summed E-state index contributed by atoms with van der Waals surface area (Å²) in [6.07, 6.45) is 4.75. The molecule has 1 aromatic rings. The highest BCUT2D eigenvalue weighted by atomic mass is 32.2. The summed E-state index contributed by atoms with van der Waals surface area (Å²) in [7, 11) is -3.75. The van der Waals surface area contributed by atoms with Crippen LogP contribution in [0.3, 0.4) is 0 Å². The van der Waals surface area contributed by atoms with Crippen molar-refractivity contribution in [1.82, 2.24) is 4.31 Å². The van der Waals surface area contributed by atoms with Crippen molar-refractivity contribution in [1.29, 1.82) is 5.26 Å².